The van der Waals surface area contributed by atoms with E-state index < -0.39 is 11.2 Å². The van der Waals surface area contributed by atoms with E-state index in [2.05, 4.69) is 20.2 Å². The molecule has 0 aliphatic carbocycles. The SMILES string of the molecule is Cn1c(=O)c2c(SCc3nnc(-c4ccc(Cl)cc4)o3)nc(C(C)(C)C)nc2n(C)c1=O. The number of aryl methyl sites for hydroxylation is 1. The summed E-state index contributed by atoms with van der Waals surface area (Å²) >= 11 is 7.21. The minimum atomic E-state index is -0.446. The molecule has 166 valence electrons. The Bertz CT molecular complexity index is 1430. The fourth-order valence-electron chi connectivity index (χ4n) is 3.02. The van der Waals surface area contributed by atoms with Crippen LogP contribution in [0.2, 0.25) is 5.02 Å². The first-order valence-corrected chi connectivity index (χ1v) is 11.1. The average molecular weight is 473 g/mol. The Balaban J connectivity index is 1.75. The number of aromatic nitrogens is 6. The summed E-state index contributed by atoms with van der Waals surface area (Å²) in [5, 5.41) is 9.55. The van der Waals surface area contributed by atoms with Crippen molar-refractivity contribution in [2.75, 3.05) is 0 Å². The van der Waals surface area contributed by atoms with Gasteiger partial charge in [-0.25, -0.2) is 14.8 Å². The topological polar surface area (TPSA) is 109 Å². The molecule has 11 heteroatoms. The van der Waals surface area contributed by atoms with Crippen LogP contribution >= 0.6 is 23.4 Å². The van der Waals surface area contributed by atoms with Gasteiger partial charge < -0.3 is 4.42 Å². The van der Waals surface area contributed by atoms with Crippen LogP contribution in [-0.4, -0.2) is 29.3 Å². The summed E-state index contributed by atoms with van der Waals surface area (Å²) in [5.41, 5.74) is -0.218. The number of hydrogen-bond acceptors (Lipinski definition) is 8. The number of thioether (sulfide) groups is 1. The second kappa shape index (κ2) is 8.18. The van der Waals surface area contributed by atoms with Crippen molar-refractivity contribution in [1.29, 1.82) is 0 Å². The zero-order chi connectivity index (χ0) is 23.2. The largest absolute Gasteiger partial charge is 0.420 e. The average Bonchev–Trinajstić information content (AvgIpc) is 3.23. The minimum absolute atomic E-state index is 0.282. The molecule has 0 aliphatic rings. The molecule has 0 saturated carbocycles. The second-order valence-electron chi connectivity index (χ2n) is 8.30. The normalized spacial score (nSPS) is 11.9. The lowest BCUT2D eigenvalue weighted by molar-refractivity contribution is 0.528. The smallest absolute Gasteiger partial charge is 0.332 e. The predicted molar refractivity (Wildman–Crippen MR) is 123 cm³/mol. The molecule has 3 aromatic heterocycles. The fourth-order valence-corrected chi connectivity index (χ4v) is 4.00. The van der Waals surface area contributed by atoms with Crippen molar-refractivity contribution in [2.45, 2.75) is 37.0 Å². The molecule has 32 heavy (non-hydrogen) atoms. The van der Waals surface area contributed by atoms with Crippen LogP contribution in [0.3, 0.4) is 0 Å². The van der Waals surface area contributed by atoms with Gasteiger partial charge in [-0.2, -0.15) is 0 Å². The van der Waals surface area contributed by atoms with Gasteiger partial charge in [0.1, 0.15) is 16.2 Å². The Morgan fingerprint density at radius 1 is 1.03 bits per heavy atom. The van der Waals surface area contributed by atoms with Gasteiger partial charge >= 0.3 is 5.69 Å². The number of halogens is 1. The quantitative estimate of drug-likeness (QED) is 0.328. The lowest BCUT2D eigenvalue weighted by Gasteiger charge is -2.19. The molecule has 0 fully saturated rings. The Morgan fingerprint density at radius 2 is 1.72 bits per heavy atom. The van der Waals surface area contributed by atoms with Crippen molar-refractivity contribution in [3.8, 4) is 11.5 Å². The van der Waals surface area contributed by atoms with Crippen molar-refractivity contribution in [3.05, 3.63) is 61.8 Å². The standard InChI is InChI=1S/C21H21ClN6O3S/c1-21(2,3)19-23-15-14(18(29)28(5)20(30)27(15)4)17(24-19)32-10-13-25-26-16(31-13)11-6-8-12(22)9-7-11/h6-9H,10H2,1-5H3. The van der Waals surface area contributed by atoms with Gasteiger partial charge in [-0.05, 0) is 24.3 Å². The molecular weight excluding hydrogens is 452 g/mol. The van der Waals surface area contributed by atoms with Crippen LogP contribution in [-0.2, 0) is 25.3 Å². The summed E-state index contributed by atoms with van der Waals surface area (Å²) < 4.78 is 8.19. The van der Waals surface area contributed by atoms with Gasteiger partial charge in [-0.1, -0.05) is 44.1 Å². The molecular formula is C21H21ClN6O3S. The molecule has 0 radical (unpaired) electrons. The fraction of sp³-hybridized carbons (Fsp3) is 0.333. The van der Waals surface area contributed by atoms with E-state index in [4.69, 9.17) is 16.0 Å². The Morgan fingerprint density at radius 3 is 2.38 bits per heavy atom. The molecule has 4 rings (SSSR count). The van der Waals surface area contributed by atoms with Crippen LogP contribution in [0, 0.1) is 0 Å². The van der Waals surface area contributed by atoms with Crippen LogP contribution in [0.15, 0.2) is 43.3 Å². The molecule has 0 bridgehead atoms. The molecule has 3 heterocycles. The van der Waals surface area contributed by atoms with Crippen molar-refractivity contribution in [2.24, 2.45) is 14.1 Å². The third kappa shape index (κ3) is 4.07. The summed E-state index contributed by atoms with van der Waals surface area (Å²) in [6, 6.07) is 7.09. The van der Waals surface area contributed by atoms with Crippen molar-refractivity contribution >= 4 is 34.4 Å². The van der Waals surface area contributed by atoms with Gasteiger partial charge in [0.15, 0.2) is 5.65 Å². The monoisotopic (exact) mass is 472 g/mol. The van der Waals surface area contributed by atoms with E-state index in [1.165, 1.54) is 23.4 Å². The van der Waals surface area contributed by atoms with E-state index >= 15 is 0 Å². The maximum Gasteiger partial charge on any atom is 0.332 e. The highest BCUT2D eigenvalue weighted by Gasteiger charge is 2.24. The number of rotatable bonds is 4. The van der Waals surface area contributed by atoms with Gasteiger partial charge in [-0.15, -0.1) is 10.2 Å². The first-order chi connectivity index (χ1) is 15.1. The minimum Gasteiger partial charge on any atom is -0.420 e. The number of hydrogen-bond donors (Lipinski definition) is 0. The Hall–Kier alpha value is -2.98. The zero-order valence-electron chi connectivity index (χ0n) is 18.2. The van der Waals surface area contributed by atoms with E-state index in [1.807, 2.05) is 20.8 Å². The van der Waals surface area contributed by atoms with Gasteiger partial charge in [0.05, 0.1) is 5.75 Å². The van der Waals surface area contributed by atoms with Gasteiger partial charge in [-0.3, -0.25) is 13.9 Å². The van der Waals surface area contributed by atoms with Crippen LogP contribution < -0.4 is 11.2 Å². The molecule has 4 aromatic rings. The van der Waals surface area contributed by atoms with Crippen molar-refractivity contribution < 1.29 is 4.42 Å². The van der Waals surface area contributed by atoms with E-state index in [0.29, 0.717) is 39.1 Å². The number of nitrogens with zero attached hydrogens (tertiary/aromatic N) is 6. The summed E-state index contributed by atoms with van der Waals surface area (Å²) in [7, 11) is 3.03. The van der Waals surface area contributed by atoms with E-state index in [1.54, 1.807) is 31.3 Å². The first-order valence-electron chi connectivity index (χ1n) is 9.75. The summed E-state index contributed by atoms with van der Waals surface area (Å²) in [6.45, 7) is 5.91. The molecule has 0 aliphatic heterocycles. The molecule has 9 nitrogen and oxygen atoms in total. The lowest BCUT2D eigenvalue weighted by Crippen LogP contribution is -2.38. The van der Waals surface area contributed by atoms with Crippen LogP contribution in [0.1, 0.15) is 32.5 Å². The highest BCUT2D eigenvalue weighted by Crippen LogP contribution is 2.29. The van der Waals surface area contributed by atoms with Gasteiger partial charge in [0, 0.05) is 30.1 Å². The molecule has 1 aromatic carbocycles. The van der Waals surface area contributed by atoms with Crippen LogP contribution in [0.5, 0.6) is 0 Å². The van der Waals surface area contributed by atoms with E-state index in [-0.39, 0.29) is 10.8 Å². The van der Waals surface area contributed by atoms with Gasteiger partial charge in [0.2, 0.25) is 11.8 Å². The van der Waals surface area contributed by atoms with E-state index in [9.17, 15) is 9.59 Å². The predicted octanol–water partition coefficient (Wildman–Crippen LogP) is 3.32. The molecule has 0 spiro atoms. The second-order valence-corrected chi connectivity index (χ2v) is 9.70. The lowest BCUT2D eigenvalue weighted by atomic mass is 9.96. The highest BCUT2D eigenvalue weighted by molar-refractivity contribution is 7.98. The maximum absolute atomic E-state index is 12.9. The van der Waals surface area contributed by atoms with Crippen LogP contribution in [0.25, 0.3) is 22.5 Å². The Kier molecular flexibility index (Phi) is 5.68. The first kappa shape index (κ1) is 22.2. The molecule has 0 amide bonds. The van der Waals surface area contributed by atoms with Gasteiger partial charge in [0.25, 0.3) is 5.56 Å². The zero-order valence-corrected chi connectivity index (χ0v) is 19.8. The third-order valence-corrected chi connectivity index (χ3v) is 6.04. The Labute approximate surface area is 192 Å². The van der Waals surface area contributed by atoms with Crippen molar-refractivity contribution in [3.63, 3.8) is 0 Å². The number of benzene rings is 1. The summed E-state index contributed by atoms with van der Waals surface area (Å²) in [4.78, 5) is 34.5. The highest BCUT2D eigenvalue weighted by atomic mass is 35.5. The third-order valence-electron chi connectivity index (χ3n) is 4.83. The van der Waals surface area contributed by atoms with Crippen LogP contribution in [0.4, 0.5) is 0 Å². The maximum atomic E-state index is 12.9. The molecule has 0 unspecified atom stereocenters. The van der Waals surface area contributed by atoms with E-state index in [0.717, 1.165) is 10.1 Å². The summed E-state index contributed by atoms with van der Waals surface area (Å²) in [6.07, 6.45) is 0. The molecule has 0 atom stereocenters. The van der Waals surface area contributed by atoms with Crippen molar-refractivity contribution in [1.82, 2.24) is 29.3 Å². The number of fused-ring (bicyclic) bond motifs is 1. The molecule has 0 N–H and O–H groups in total. The summed E-state index contributed by atoms with van der Waals surface area (Å²) in [5.74, 6) is 1.58. The molecule has 0 saturated heterocycles.